The average Bonchev–Trinajstić information content (AvgIpc) is 3.79. The van der Waals surface area contributed by atoms with Crippen LogP contribution < -0.4 is 9.80 Å². The number of hydrogen-bond acceptors (Lipinski definition) is 7. The average molecular weight is 660 g/mol. The van der Waals surface area contributed by atoms with Gasteiger partial charge in [0.2, 0.25) is 0 Å². The van der Waals surface area contributed by atoms with Crippen LogP contribution in [0.25, 0.3) is 10.8 Å². The lowest BCUT2D eigenvalue weighted by molar-refractivity contribution is -0.145. The number of para-hydroxylation sites is 1. The van der Waals surface area contributed by atoms with Gasteiger partial charge >= 0.3 is 0 Å². The Kier molecular flexibility index (Phi) is 7.15. The van der Waals surface area contributed by atoms with Gasteiger partial charge in [0.05, 0.1) is 28.7 Å². The van der Waals surface area contributed by atoms with Crippen molar-refractivity contribution in [2.45, 2.75) is 56.7 Å². The fourth-order valence-corrected chi connectivity index (χ4v) is 10.9. The molecule has 0 unspecified atom stereocenters. The summed E-state index contributed by atoms with van der Waals surface area (Å²) in [7, 11) is -2.91. The minimum atomic E-state index is -2.91. The number of hydrogen-bond donors (Lipinski definition) is 2. The Labute approximate surface area is 279 Å². The van der Waals surface area contributed by atoms with Gasteiger partial charge in [0.1, 0.15) is 0 Å². The molecule has 0 aliphatic carbocycles. The van der Waals surface area contributed by atoms with Crippen molar-refractivity contribution in [1.29, 1.82) is 0 Å². The van der Waals surface area contributed by atoms with E-state index in [9.17, 15) is 19.5 Å². The van der Waals surface area contributed by atoms with Crippen molar-refractivity contribution in [3.8, 4) is 0 Å². The van der Waals surface area contributed by atoms with Crippen molar-refractivity contribution in [1.82, 2.24) is 15.0 Å². The molecule has 4 atom stereocenters. The summed E-state index contributed by atoms with van der Waals surface area (Å²) in [5.41, 5.74) is 3.24. The van der Waals surface area contributed by atoms with E-state index in [1.807, 2.05) is 111 Å². The lowest BCUT2D eigenvalue weighted by Crippen LogP contribution is -2.45. The number of ether oxygens (including phenoxy) is 1. The molecule has 2 N–H and O–H groups in total. The predicted octanol–water partition coefficient (Wildman–Crippen LogP) is 5.82. The first-order chi connectivity index (χ1) is 23.1. The summed E-state index contributed by atoms with van der Waals surface area (Å²) in [6.45, 7) is 6.30. The van der Waals surface area contributed by atoms with Crippen molar-refractivity contribution in [2.24, 2.45) is 5.92 Å². The highest BCUT2D eigenvalue weighted by Crippen LogP contribution is 2.61. The zero-order valence-corrected chi connectivity index (χ0v) is 28.1. The summed E-state index contributed by atoms with van der Waals surface area (Å²) in [6.07, 6.45) is 2.29. The highest BCUT2D eigenvalue weighted by atomic mass is 28.4. The first-order valence-corrected chi connectivity index (χ1v) is 19.5. The van der Waals surface area contributed by atoms with Gasteiger partial charge in [-0.15, -0.1) is 5.10 Å². The number of nitrogens with zero attached hydrogens (tertiary/aromatic N) is 5. The fourth-order valence-electron chi connectivity index (χ4n) is 8.34. The number of aryl methyl sites for hydroxylation is 1. The quantitative estimate of drug-likeness (QED) is 0.201. The molecular weight excluding hydrogens is 623 g/mol. The highest BCUT2D eigenvalue weighted by molar-refractivity contribution is 6.71. The smallest absolute Gasteiger partial charge is 0.268 e. The van der Waals surface area contributed by atoms with Crippen LogP contribution >= 0.6 is 0 Å². The van der Waals surface area contributed by atoms with Crippen molar-refractivity contribution in [2.75, 3.05) is 16.4 Å². The Morgan fingerprint density at radius 1 is 0.917 bits per heavy atom. The SMILES string of the molecule is C[C@@H]1[C@@H]([Si](C)(C)O)[C@H](CCn2cc(CCO)nn2)O[C@@]12C(=O)N(c1ccccc1)c1ccc(N3C(=O)c4cccc5cccc3c45)cc12. The number of carbonyl (C=O) groups excluding carboxylic acids is 2. The lowest BCUT2D eigenvalue weighted by Gasteiger charge is -2.32. The van der Waals surface area contributed by atoms with Crippen molar-refractivity contribution in [3.05, 3.63) is 108 Å². The third kappa shape index (κ3) is 4.49. The molecule has 8 rings (SSSR count). The van der Waals surface area contributed by atoms with Gasteiger partial charge in [-0.3, -0.25) is 24.1 Å². The van der Waals surface area contributed by atoms with E-state index >= 15 is 0 Å². The summed E-state index contributed by atoms with van der Waals surface area (Å²) < 4.78 is 8.80. The third-order valence-corrected chi connectivity index (χ3v) is 12.8. The van der Waals surface area contributed by atoms with Crippen LogP contribution in [-0.2, 0) is 28.1 Å². The van der Waals surface area contributed by atoms with Crippen molar-refractivity contribution >= 4 is 53.7 Å². The second kappa shape index (κ2) is 11.2. The molecule has 3 aliphatic heterocycles. The molecule has 2 amide bonds. The second-order valence-corrected chi connectivity index (χ2v) is 17.6. The molecule has 4 aromatic carbocycles. The van der Waals surface area contributed by atoms with Crippen LogP contribution in [-0.4, -0.2) is 57.7 Å². The molecule has 1 saturated heterocycles. The molecule has 0 saturated carbocycles. The molecule has 10 nitrogen and oxygen atoms in total. The minimum absolute atomic E-state index is 0.0114. The first kappa shape index (κ1) is 30.6. The molecule has 0 radical (unpaired) electrons. The number of benzene rings is 4. The summed E-state index contributed by atoms with van der Waals surface area (Å²) in [4.78, 5) is 44.2. The van der Waals surface area contributed by atoms with Gasteiger partial charge < -0.3 is 14.6 Å². The summed E-state index contributed by atoms with van der Waals surface area (Å²) in [5.74, 6) is -0.698. The molecule has 5 aromatic rings. The van der Waals surface area contributed by atoms with Crippen molar-refractivity contribution < 1.29 is 24.2 Å². The largest absolute Gasteiger partial charge is 0.432 e. The predicted molar refractivity (Wildman–Crippen MR) is 185 cm³/mol. The van der Waals surface area contributed by atoms with E-state index in [1.165, 1.54) is 0 Å². The minimum Gasteiger partial charge on any atom is -0.432 e. The maximum Gasteiger partial charge on any atom is 0.268 e. The first-order valence-electron chi connectivity index (χ1n) is 16.4. The standard InChI is InChI=1S/C37H37N5O5Si/c1-23-34(48(2,3)46)32(17-19-40-22-25(18-20-43)38-39-40)47-37(23)29-21-27(15-16-30(29)42(36(37)45)26-11-5-4-6-12-26)41-31-14-8-10-24-9-7-13-28(33(24)31)35(41)44/h4-16,21-23,32,34,43,46H,17-20H2,1-3H3/t23-,32+,34-,37+/m1/s1. The molecule has 0 bridgehead atoms. The van der Waals surface area contributed by atoms with Crippen molar-refractivity contribution in [3.63, 3.8) is 0 Å². The van der Waals surface area contributed by atoms with Crippen LogP contribution in [0.1, 0.15) is 35.0 Å². The van der Waals surface area contributed by atoms with Gasteiger partial charge in [-0.1, -0.05) is 54.6 Å². The molecule has 244 valence electrons. The Bertz CT molecular complexity index is 2070. The van der Waals surface area contributed by atoms with Crippen LogP contribution in [0.5, 0.6) is 0 Å². The van der Waals surface area contributed by atoms with Crippen LogP contribution in [0.4, 0.5) is 22.7 Å². The molecule has 4 heterocycles. The summed E-state index contributed by atoms with van der Waals surface area (Å²) >= 11 is 0. The maximum absolute atomic E-state index is 15.0. The van der Waals surface area contributed by atoms with E-state index < -0.39 is 20.0 Å². The molecule has 11 heteroatoms. The van der Waals surface area contributed by atoms with E-state index in [4.69, 9.17) is 4.74 Å². The fraction of sp³-hybridized carbons (Fsp3) is 0.297. The molecule has 1 aromatic heterocycles. The molecule has 1 fully saturated rings. The Morgan fingerprint density at radius 2 is 1.69 bits per heavy atom. The molecular formula is C37H37N5O5Si. The van der Waals surface area contributed by atoms with E-state index in [2.05, 4.69) is 10.3 Å². The van der Waals surface area contributed by atoms with Gasteiger partial charge in [0.15, 0.2) is 13.9 Å². The monoisotopic (exact) mass is 659 g/mol. The highest BCUT2D eigenvalue weighted by Gasteiger charge is 2.66. The van der Waals surface area contributed by atoms with E-state index in [0.717, 1.165) is 22.1 Å². The van der Waals surface area contributed by atoms with Crippen LogP contribution in [0, 0.1) is 5.92 Å². The third-order valence-electron chi connectivity index (χ3n) is 10.3. The normalized spacial score (nSPS) is 23.2. The zero-order chi connectivity index (χ0) is 33.4. The molecule has 48 heavy (non-hydrogen) atoms. The maximum atomic E-state index is 15.0. The second-order valence-electron chi connectivity index (χ2n) is 13.6. The van der Waals surface area contributed by atoms with Crippen LogP contribution in [0.2, 0.25) is 18.6 Å². The molecule has 1 spiro atoms. The lowest BCUT2D eigenvalue weighted by atomic mass is 9.82. The Morgan fingerprint density at radius 3 is 2.44 bits per heavy atom. The number of anilines is 4. The number of aliphatic hydroxyl groups is 1. The number of aromatic nitrogens is 3. The van der Waals surface area contributed by atoms with Gasteiger partial charge in [-0.25, -0.2) is 0 Å². The van der Waals surface area contributed by atoms with Gasteiger partial charge in [-0.2, -0.15) is 0 Å². The van der Waals surface area contributed by atoms with Gasteiger partial charge in [0.25, 0.3) is 11.8 Å². The molecule has 3 aliphatic rings. The Balaban J connectivity index is 1.25. The number of amides is 2. The topological polar surface area (TPSA) is 121 Å². The van der Waals surface area contributed by atoms with E-state index in [0.29, 0.717) is 47.6 Å². The summed E-state index contributed by atoms with van der Waals surface area (Å²) in [6, 6.07) is 27.0. The number of fused-ring (bicyclic) bond motifs is 2. The van der Waals surface area contributed by atoms with Crippen LogP contribution in [0.15, 0.2) is 91.1 Å². The van der Waals surface area contributed by atoms with E-state index in [-0.39, 0.29) is 29.9 Å². The number of aliphatic hydroxyl groups excluding tert-OH is 1. The summed E-state index contributed by atoms with van der Waals surface area (Å²) in [5, 5.41) is 19.6. The zero-order valence-electron chi connectivity index (χ0n) is 27.1. The van der Waals surface area contributed by atoms with E-state index in [1.54, 1.807) is 14.5 Å². The number of rotatable bonds is 8. The Hall–Kier alpha value is -4.68. The van der Waals surface area contributed by atoms with Crippen LogP contribution in [0.3, 0.4) is 0 Å². The van der Waals surface area contributed by atoms with Gasteiger partial charge in [-0.05, 0) is 67.4 Å². The van der Waals surface area contributed by atoms with Gasteiger partial charge in [0, 0.05) is 59.6 Å². The number of carbonyl (C=O) groups is 2.